The molecule has 21 heavy (non-hydrogen) atoms. The average molecular weight is 295 g/mol. The Morgan fingerprint density at radius 1 is 1.19 bits per heavy atom. The lowest BCUT2D eigenvalue weighted by molar-refractivity contribution is 0.111. The van der Waals surface area contributed by atoms with Gasteiger partial charge in [-0.05, 0) is 48.1 Å². The van der Waals surface area contributed by atoms with Crippen molar-refractivity contribution in [3.05, 3.63) is 59.9 Å². The average Bonchev–Trinajstić information content (AvgIpc) is 2.88. The molecule has 0 saturated heterocycles. The molecule has 3 heteroatoms. The number of pyridine rings is 1. The molecule has 0 spiro atoms. The van der Waals surface area contributed by atoms with Crippen LogP contribution in [0.4, 0.5) is 0 Å². The van der Waals surface area contributed by atoms with E-state index in [0.29, 0.717) is 5.69 Å². The van der Waals surface area contributed by atoms with Gasteiger partial charge in [0, 0.05) is 22.2 Å². The fourth-order valence-corrected chi connectivity index (χ4v) is 3.27. The molecule has 0 aliphatic carbocycles. The molecular formula is C18H17NOS. The van der Waals surface area contributed by atoms with E-state index in [0.717, 1.165) is 28.7 Å². The van der Waals surface area contributed by atoms with E-state index < -0.39 is 0 Å². The number of hydrogen-bond donors (Lipinski definition) is 0. The van der Waals surface area contributed by atoms with Crippen LogP contribution in [-0.4, -0.2) is 16.4 Å². The molecule has 2 nitrogen and oxygen atoms in total. The molecule has 1 aromatic carbocycles. The van der Waals surface area contributed by atoms with Crippen molar-refractivity contribution < 1.29 is 4.79 Å². The zero-order chi connectivity index (χ0) is 14.8. The fourth-order valence-electron chi connectivity index (χ4n) is 2.61. The summed E-state index contributed by atoms with van der Waals surface area (Å²) in [6.45, 7) is 4.21. The Morgan fingerprint density at radius 2 is 1.95 bits per heavy atom. The molecule has 0 aliphatic rings. The van der Waals surface area contributed by atoms with Crippen molar-refractivity contribution in [3.8, 4) is 11.1 Å². The molecular weight excluding hydrogens is 278 g/mol. The first-order chi connectivity index (χ1) is 10.2. The van der Waals surface area contributed by atoms with Gasteiger partial charge in [-0.15, -0.1) is 11.8 Å². The van der Waals surface area contributed by atoms with Gasteiger partial charge in [-0.2, -0.15) is 0 Å². The molecule has 106 valence electrons. The van der Waals surface area contributed by atoms with Gasteiger partial charge in [0.05, 0.1) is 5.69 Å². The van der Waals surface area contributed by atoms with Crippen molar-refractivity contribution in [2.24, 2.45) is 0 Å². The number of aryl methyl sites for hydroxylation is 1. The van der Waals surface area contributed by atoms with Gasteiger partial charge in [-0.1, -0.05) is 25.1 Å². The van der Waals surface area contributed by atoms with Gasteiger partial charge in [0.2, 0.25) is 0 Å². The largest absolute Gasteiger partial charge is 0.313 e. The maximum Gasteiger partial charge on any atom is 0.167 e. The summed E-state index contributed by atoms with van der Waals surface area (Å²) >= 11 is 1.82. The molecule has 0 atom stereocenters. The standard InChI is InChI=1S/C18H17NOS/c1-3-21-15-8-6-14(7-9-15)16-11-17-13(2)5-4-10-19(17)18(16)12-20/h4-12H,3H2,1-2H3. The minimum atomic E-state index is 0.713. The highest BCUT2D eigenvalue weighted by Gasteiger charge is 2.12. The maximum absolute atomic E-state index is 11.5. The summed E-state index contributed by atoms with van der Waals surface area (Å²) in [6.07, 6.45) is 2.88. The molecule has 0 bridgehead atoms. The van der Waals surface area contributed by atoms with Crippen molar-refractivity contribution in [2.45, 2.75) is 18.7 Å². The van der Waals surface area contributed by atoms with E-state index in [4.69, 9.17) is 0 Å². The normalized spacial score (nSPS) is 11.0. The lowest BCUT2D eigenvalue weighted by Crippen LogP contribution is -1.92. The number of aldehydes is 1. The second kappa shape index (κ2) is 5.78. The van der Waals surface area contributed by atoms with Crippen molar-refractivity contribution in [1.82, 2.24) is 4.40 Å². The number of carbonyl (C=O) groups is 1. The number of hydrogen-bond acceptors (Lipinski definition) is 2. The molecule has 0 N–H and O–H groups in total. The lowest BCUT2D eigenvalue weighted by Gasteiger charge is -2.03. The van der Waals surface area contributed by atoms with Gasteiger partial charge < -0.3 is 4.40 Å². The highest BCUT2D eigenvalue weighted by atomic mass is 32.2. The van der Waals surface area contributed by atoms with Crippen LogP contribution in [0.25, 0.3) is 16.6 Å². The molecule has 0 unspecified atom stereocenters. The molecule has 3 aromatic rings. The number of thioether (sulfide) groups is 1. The predicted molar refractivity (Wildman–Crippen MR) is 89.4 cm³/mol. The SMILES string of the molecule is CCSc1ccc(-c2cc3c(C)cccn3c2C=O)cc1. The first kappa shape index (κ1) is 14.0. The molecule has 0 amide bonds. The van der Waals surface area contributed by atoms with Crippen LogP contribution in [0.2, 0.25) is 0 Å². The van der Waals surface area contributed by atoms with Crippen LogP contribution in [0.5, 0.6) is 0 Å². The first-order valence-electron chi connectivity index (χ1n) is 7.03. The Kier molecular flexibility index (Phi) is 3.84. The highest BCUT2D eigenvalue weighted by molar-refractivity contribution is 7.99. The van der Waals surface area contributed by atoms with Crippen LogP contribution in [0.1, 0.15) is 23.0 Å². The summed E-state index contributed by atoms with van der Waals surface area (Å²) in [5.41, 5.74) is 5.05. The third kappa shape index (κ3) is 2.49. The number of rotatable bonds is 4. The van der Waals surface area contributed by atoms with E-state index in [9.17, 15) is 4.79 Å². The van der Waals surface area contributed by atoms with Gasteiger partial charge in [0.15, 0.2) is 6.29 Å². The summed E-state index contributed by atoms with van der Waals surface area (Å²) in [6, 6.07) is 14.6. The van der Waals surface area contributed by atoms with Gasteiger partial charge in [-0.3, -0.25) is 4.79 Å². The Labute approximate surface area is 128 Å². The van der Waals surface area contributed by atoms with Crippen LogP contribution in [0, 0.1) is 6.92 Å². The molecule has 2 aromatic heterocycles. The first-order valence-corrected chi connectivity index (χ1v) is 8.02. The molecule has 0 saturated carbocycles. The van der Waals surface area contributed by atoms with E-state index in [1.807, 2.05) is 28.4 Å². The Morgan fingerprint density at radius 3 is 2.62 bits per heavy atom. The lowest BCUT2D eigenvalue weighted by atomic mass is 10.1. The Bertz CT molecular complexity index is 787. The topological polar surface area (TPSA) is 21.5 Å². The summed E-state index contributed by atoms with van der Waals surface area (Å²) in [5.74, 6) is 1.06. The number of benzene rings is 1. The van der Waals surface area contributed by atoms with Crippen LogP contribution in [0.15, 0.2) is 53.6 Å². The number of fused-ring (bicyclic) bond motifs is 1. The summed E-state index contributed by atoms with van der Waals surface area (Å²) in [5, 5.41) is 0. The smallest absolute Gasteiger partial charge is 0.167 e. The number of nitrogens with zero attached hydrogens (tertiary/aromatic N) is 1. The van der Waals surface area contributed by atoms with Gasteiger partial charge in [0.25, 0.3) is 0 Å². The fraction of sp³-hybridized carbons (Fsp3) is 0.167. The number of carbonyl (C=O) groups excluding carboxylic acids is 1. The van der Waals surface area contributed by atoms with E-state index >= 15 is 0 Å². The van der Waals surface area contributed by atoms with Crippen molar-refractivity contribution in [1.29, 1.82) is 0 Å². The second-order valence-electron chi connectivity index (χ2n) is 4.96. The zero-order valence-corrected chi connectivity index (χ0v) is 13.0. The van der Waals surface area contributed by atoms with Crippen molar-refractivity contribution in [2.75, 3.05) is 5.75 Å². The quantitative estimate of drug-likeness (QED) is 0.507. The summed E-state index contributed by atoms with van der Waals surface area (Å²) in [4.78, 5) is 12.8. The number of aromatic nitrogens is 1. The summed E-state index contributed by atoms with van der Waals surface area (Å²) in [7, 11) is 0. The maximum atomic E-state index is 11.5. The van der Waals surface area contributed by atoms with E-state index in [2.05, 4.69) is 50.2 Å². The van der Waals surface area contributed by atoms with Gasteiger partial charge >= 0.3 is 0 Å². The van der Waals surface area contributed by atoms with Crippen molar-refractivity contribution in [3.63, 3.8) is 0 Å². The highest BCUT2D eigenvalue weighted by Crippen LogP contribution is 2.29. The van der Waals surface area contributed by atoms with Crippen LogP contribution in [-0.2, 0) is 0 Å². The molecule has 2 heterocycles. The van der Waals surface area contributed by atoms with E-state index in [1.165, 1.54) is 10.5 Å². The zero-order valence-electron chi connectivity index (χ0n) is 12.2. The minimum absolute atomic E-state index is 0.713. The van der Waals surface area contributed by atoms with Crippen molar-refractivity contribution >= 4 is 23.6 Å². The Hall–Kier alpha value is -2.00. The van der Waals surface area contributed by atoms with Gasteiger partial charge in [-0.25, -0.2) is 0 Å². The van der Waals surface area contributed by atoms with Crippen LogP contribution >= 0.6 is 11.8 Å². The Balaban J connectivity index is 2.15. The van der Waals surface area contributed by atoms with Crippen LogP contribution in [0.3, 0.4) is 0 Å². The third-order valence-electron chi connectivity index (χ3n) is 3.65. The second-order valence-corrected chi connectivity index (χ2v) is 6.30. The van der Waals surface area contributed by atoms with E-state index in [1.54, 1.807) is 0 Å². The monoisotopic (exact) mass is 295 g/mol. The van der Waals surface area contributed by atoms with E-state index in [-0.39, 0.29) is 0 Å². The summed E-state index contributed by atoms with van der Waals surface area (Å²) < 4.78 is 1.96. The van der Waals surface area contributed by atoms with Gasteiger partial charge in [0.1, 0.15) is 0 Å². The predicted octanol–water partition coefficient (Wildman–Crippen LogP) is 4.84. The molecule has 0 fully saturated rings. The third-order valence-corrected chi connectivity index (χ3v) is 4.54. The molecule has 0 aliphatic heterocycles. The van der Waals surface area contributed by atoms with Crippen LogP contribution < -0.4 is 0 Å². The molecule has 0 radical (unpaired) electrons. The minimum Gasteiger partial charge on any atom is -0.313 e. The molecule has 3 rings (SSSR count).